The first-order valence-corrected chi connectivity index (χ1v) is 10.6. The maximum absolute atomic E-state index is 11.5. The van der Waals surface area contributed by atoms with Crippen LogP contribution in [0.1, 0.15) is 63.5 Å². The van der Waals surface area contributed by atoms with Crippen LogP contribution in [-0.2, 0) is 0 Å². The lowest BCUT2D eigenvalue weighted by Crippen LogP contribution is -2.54. The van der Waals surface area contributed by atoms with E-state index in [-0.39, 0.29) is 17.4 Å². The molecule has 5 nitrogen and oxygen atoms in total. The number of imidazole rings is 1. The SMILES string of the molecule is CCC1([C@@H](O)C[C@H]2c3ccccc3-c3cncn32)CC2CC(O)CC(O)(C2)C1. The van der Waals surface area contributed by atoms with Crippen LogP contribution in [-0.4, -0.2) is 42.7 Å². The first-order valence-electron chi connectivity index (χ1n) is 10.6. The van der Waals surface area contributed by atoms with Crippen LogP contribution in [0.3, 0.4) is 0 Å². The minimum atomic E-state index is -0.842. The van der Waals surface area contributed by atoms with Crippen molar-refractivity contribution in [1.29, 1.82) is 0 Å². The summed E-state index contributed by atoms with van der Waals surface area (Å²) in [7, 11) is 0. The number of nitrogens with zero attached hydrogens (tertiary/aromatic N) is 2. The summed E-state index contributed by atoms with van der Waals surface area (Å²) in [4.78, 5) is 4.33. The number of hydrogen-bond acceptors (Lipinski definition) is 4. The van der Waals surface area contributed by atoms with Gasteiger partial charge in [-0.2, -0.15) is 0 Å². The molecule has 5 rings (SSSR count). The van der Waals surface area contributed by atoms with E-state index in [4.69, 9.17) is 0 Å². The Bertz CT molecular complexity index is 876. The molecule has 150 valence electrons. The quantitative estimate of drug-likeness (QED) is 0.758. The zero-order valence-electron chi connectivity index (χ0n) is 16.5. The Morgan fingerprint density at radius 2 is 2.07 bits per heavy atom. The molecule has 3 N–H and O–H groups in total. The van der Waals surface area contributed by atoms with Crippen LogP contribution in [0.5, 0.6) is 0 Å². The van der Waals surface area contributed by atoms with Gasteiger partial charge in [0.2, 0.25) is 0 Å². The second-order valence-corrected chi connectivity index (χ2v) is 9.53. The lowest BCUT2D eigenvalue weighted by Gasteiger charge is -2.54. The van der Waals surface area contributed by atoms with Crippen molar-refractivity contribution in [2.75, 3.05) is 0 Å². The normalized spacial score (nSPS) is 37.4. The second-order valence-electron chi connectivity index (χ2n) is 9.53. The number of aliphatic hydroxyl groups is 3. The molecule has 3 aliphatic rings. The van der Waals surface area contributed by atoms with Crippen LogP contribution < -0.4 is 0 Å². The van der Waals surface area contributed by atoms with E-state index in [0.717, 1.165) is 31.4 Å². The number of hydrogen-bond donors (Lipinski definition) is 3. The van der Waals surface area contributed by atoms with Crippen LogP contribution in [0.25, 0.3) is 11.3 Å². The summed E-state index contributed by atoms with van der Waals surface area (Å²) in [6, 6.07) is 8.46. The van der Waals surface area contributed by atoms with Crippen molar-refractivity contribution in [3.8, 4) is 11.3 Å². The Morgan fingerprint density at radius 3 is 2.86 bits per heavy atom. The molecule has 4 unspecified atom stereocenters. The van der Waals surface area contributed by atoms with Gasteiger partial charge in [-0.3, -0.25) is 0 Å². The van der Waals surface area contributed by atoms with E-state index in [1.807, 2.05) is 18.6 Å². The summed E-state index contributed by atoms with van der Waals surface area (Å²) < 4.78 is 2.18. The van der Waals surface area contributed by atoms with Crippen molar-refractivity contribution in [1.82, 2.24) is 9.55 Å². The van der Waals surface area contributed by atoms with E-state index in [1.54, 1.807) is 0 Å². The minimum Gasteiger partial charge on any atom is -0.393 e. The van der Waals surface area contributed by atoms with E-state index in [1.165, 1.54) is 11.1 Å². The highest BCUT2D eigenvalue weighted by atomic mass is 16.3. The molecule has 1 aliphatic heterocycles. The molecule has 1 aromatic heterocycles. The lowest BCUT2D eigenvalue weighted by atomic mass is 9.55. The summed E-state index contributed by atoms with van der Waals surface area (Å²) in [5.74, 6) is 0.289. The standard InChI is InChI=1S/C23H30N2O3/c1-2-22(9-15-7-16(26)11-23(28,10-15)13-22)21(27)8-19-17-5-3-4-6-18(17)20-12-24-14-25(19)20/h3-6,12,14-16,19,21,26-28H,2,7-11,13H2,1H3/t15?,16?,19-,21-,22?,23?/m0/s1. The van der Waals surface area contributed by atoms with Crippen LogP contribution in [0.4, 0.5) is 0 Å². The van der Waals surface area contributed by atoms with Crippen molar-refractivity contribution < 1.29 is 15.3 Å². The van der Waals surface area contributed by atoms with Crippen molar-refractivity contribution in [2.24, 2.45) is 11.3 Å². The summed E-state index contributed by atoms with van der Waals surface area (Å²) in [5, 5.41) is 32.8. The number of aliphatic hydroxyl groups excluding tert-OH is 2. The van der Waals surface area contributed by atoms with E-state index < -0.39 is 17.8 Å². The van der Waals surface area contributed by atoms with Gasteiger partial charge < -0.3 is 19.9 Å². The molecule has 2 saturated carbocycles. The number of benzene rings is 1. The van der Waals surface area contributed by atoms with E-state index in [9.17, 15) is 15.3 Å². The fourth-order valence-corrected chi connectivity index (χ4v) is 6.61. The molecule has 1 aromatic carbocycles. The molecule has 0 saturated heterocycles. The zero-order valence-corrected chi connectivity index (χ0v) is 16.5. The van der Waals surface area contributed by atoms with Gasteiger partial charge in [-0.05, 0) is 55.4 Å². The molecule has 2 heterocycles. The molecule has 2 aliphatic carbocycles. The third-order valence-electron chi connectivity index (χ3n) is 7.72. The van der Waals surface area contributed by atoms with Gasteiger partial charge >= 0.3 is 0 Å². The molecule has 0 spiro atoms. The summed E-state index contributed by atoms with van der Waals surface area (Å²) in [6.07, 6.45) is 7.72. The molecular formula is C23H30N2O3. The van der Waals surface area contributed by atoms with E-state index in [0.29, 0.717) is 19.3 Å². The van der Waals surface area contributed by atoms with Gasteiger partial charge in [-0.1, -0.05) is 31.2 Å². The third-order valence-corrected chi connectivity index (χ3v) is 7.72. The lowest BCUT2D eigenvalue weighted by molar-refractivity contribution is -0.161. The molecule has 6 atom stereocenters. The fraction of sp³-hybridized carbons (Fsp3) is 0.609. The number of rotatable bonds is 4. The van der Waals surface area contributed by atoms with Crippen molar-refractivity contribution in [3.05, 3.63) is 42.4 Å². The summed E-state index contributed by atoms with van der Waals surface area (Å²) in [5.41, 5.74) is 2.42. The molecular weight excluding hydrogens is 352 g/mol. The number of fused-ring (bicyclic) bond motifs is 5. The highest BCUT2D eigenvalue weighted by molar-refractivity contribution is 5.68. The largest absolute Gasteiger partial charge is 0.393 e. The van der Waals surface area contributed by atoms with E-state index >= 15 is 0 Å². The average molecular weight is 383 g/mol. The van der Waals surface area contributed by atoms with Crippen LogP contribution >= 0.6 is 0 Å². The van der Waals surface area contributed by atoms with Gasteiger partial charge in [-0.15, -0.1) is 0 Å². The molecule has 28 heavy (non-hydrogen) atoms. The topological polar surface area (TPSA) is 78.5 Å². The molecule has 2 fully saturated rings. The van der Waals surface area contributed by atoms with Gasteiger partial charge in [0.1, 0.15) is 0 Å². The Hall–Kier alpha value is -1.69. The summed E-state index contributed by atoms with van der Waals surface area (Å²) >= 11 is 0. The highest BCUT2D eigenvalue weighted by Gasteiger charge is 2.53. The van der Waals surface area contributed by atoms with E-state index in [2.05, 4.69) is 34.7 Å². The Morgan fingerprint density at radius 1 is 1.25 bits per heavy atom. The first kappa shape index (κ1) is 18.3. The van der Waals surface area contributed by atoms with Gasteiger partial charge in [0, 0.05) is 12.0 Å². The molecule has 0 amide bonds. The predicted molar refractivity (Wildman–Crippen MR) is 107 cm³/mol. The monoisotopic (exact) mass is 382 g/mol. The smallest absolute Gasteiger partial charge is 0.0956 e. The maximum atomic E-state index is 11.5. The van der Waals surface area contributed by atoms with Crippen molar-refractivity contribution >= 4 is 0 Å². The maximum Gasteiger partial charge on any atom is 0.0956 e. The molecule has 5 heteroatoms. The fourth-order valence-electron chi connectivity index (χ4n) is 6.61. The van der Waals surface area contributed by atoms with Gasteiger partial charge in [0.25, 0.3) is 0 Å². The Balaban J connectivity index is 1.44. The minimum absolute atomic E-state index is 0.0779. The van der Waals surface area contributed by atoms with Crippen LogP contribution in [0, 0.1) is 11.3 Å². The predicted octanol–water partition coefficient (Wildman–Crippen LogP) is 3.29. The molecule has 2 aromatic rings. The average Bonchev–Trinajstić information content (AvgIpc) is 3.22. The molecule has 2 bridgehead atoms. The third kappa shape index (κ3) is 2.75. The molecule has 0 radical (unpaired) electrons. The van der Waals surface area contributed by atoms with Crippen LogP contribution in [0.2, 0.25) is 0 Å². The van der Waals surface area contributed by atoms with Gasteiger partial charge in [-0.25, -0.2) is 4.98 Å². The summed E-state index contributed by atoms with van der Waals surface area (Å²) in [6.45, 7) is 2.13. The number of aromatic nitrogens is 2. The van der Waals surface area contributed by atoms with Crippen LogP contribution in [0.15, 0.2) is 36.8 Å². The second kappa shape index (κ2) is 6.41. The first-order chi connectivity index (χ1) is 13.4. The Labute approximate surface area is 166 Å². The van der Waals surface area contributed by atoms with Crippen molar-refractivity contribution in [3.63, 3.8) is 0 Å². The Kier molecular flexibility index (Phi) is 4.20. The zero-order chi connectivity index (χ0) is 19.5. The van der Waals surface area contributed by atoms with Crippen molar-refractivity contribution in [2.45, 2.75) is 75.7 Å². The van der Waals surface area contributed by atoms with Gasteiger partial charge in [0.05, 0.1) is 42.1 Å². The highest BCUT2D eigenvalue weighted by Crippen LogP contribution is 2.55. The van der Waals surface area contributed by atoms with Gasteiger partial charge in [0.15, 0.2) is 0 Å².